The van der Waals surface area contributed by atoms with Crippen LogP contribution in [0, 0.1) is 6.92 Å². The normalized spacial score (nSPS) is 12.0. The van der Waals surface area contributed by atoms with Crippen molar-refractivity contribution in [2.45, 2.75) is 11.8 Å². The molecule has 0 atom stereocenters. The molecule has 6 nitrogen and oxygen atoms in total. The second kappa shape index (κ2) is 8.09. The predicted octanol–water partition coefficient (Wildman–Crippen LogP) is 1.20. The van der Waals surface area contributed by atoms with Crippen molar-refractivity contribution >= 4 is 31.6 Å². The Hall–Kier alpha value is -0.670. The van der Waals surface area contributed by atoms with E-state index in [4.69, 9.17) is 10.5 Å². The Morgan fingerprint density at radius 3 is 2.67 bits per heavy atom. The van der Waals surface area contributed by atoms with Gasteiger partial charge in [0.25, 0.3) is 0 Å². The van der Waals surface area contributed by atoms with Crippen molar-refractivity contribution in [3.8, 4) is 0 Å². The van der Waals surface area contributed by atoms with Crippen LogP contribution in [0.15, 0.2) is 21.5 Å². The Kier molecular flexibility index (Phi) is 7.08. The molecular weight excluding hydrogens is 358 g/mol. The number of nitrogens with zero attached hydrogens (tertiary/aromatic N) is 1. The van der Waals surface area contributed by atoms with Crippen LogP contribution in [0.4, 0.5) is 5.69 Å². The number of hydrogen-bond acceptors (Lipinski definition) is 5. The molecule has 0 aliphatic heterocycles. The molecule has 0 bridgehead atoms. The van der Waals surface area contributed by atoms with Gasteiger partial charge in [-0.3, -0.25) is 0 Å². The van der Waals surface area contributed by atoms with E-state index in [0.29, 0.717) is 35.4 Å². The third kappa shape index (κ3) is 5.55. The Morgan fingerprint density at radius 2 is 2.05 bits per heavy atom. The lowest BCUT2D eigenvalue weighted by Crippen LogP contribution is -2.34. The van der Waals surface area contributed by atoms with Crippen molar-refractivity contribution in [3.05, 3.63) is 22.2 Å². The molecule has 0 amide bonds. The minimum Gasteiger partial charge on any atom is -0.398 e. The number of methoxy groups -OCH3 is 1. The van der Waals surface area contributed by atoms with Crippen LogP contribution >= 0.6 is 15.9 Å². The van der Waals surface area contributed by atoms with E-state index in [1.807, 2.05) is 11.9 Å². The number of anilines is 1. The topological polar surface area (TPSA) is 84.7 Å². The van der Waals surface area contributed by atoms with Gasteiger partial charge in [0, 0.05) is 36.9 Å². The molecule has 0 saturated heterocycles. The van der Waals surface area contributed by atoms with Crippen molar-refractivity contribution in [2.75, 3.05) is 46.1 Å². The molecule has 3 N–H and O–H groups in total. The fourth-order valence-corrected chi connectivity index (χ4v) is 3.50. The molecule has 0 unspecified atom stereocenters. The van der Waals surface area contributed by atoms with Crippen molar-refractivity contribution in [1.29, 1.82) is 0 Å². The average Bonchev–Trinajstić information content (AvgIpc) is 2.40. The summed E-state index contributed by atoms with van der Waals surface area (Å²) in [7, 11) is -0.00608. The highest BCUT2D eigenvalue weighted by Crippen LogP contribution is 2.26. The number of likely N-dealkylation sites (N-methyl/N-ethyl adjacent to an activating group) is 1. The van der Waals surface area contributed by atoms with Gasteiger partial charge in [0.15, 0.2) is 0 Å². The molecule has 0 heterocycles. The summed E-state index contributed by atoms with van der Waals surface area (Å²) in [4.78, 5) is 2.21. The van der Waals surface area contributed by atoms with E-state index in [0.717, 1.165) is 6.54 Å². The van der Waals surface area contributed by atoms with E-state index in [1.165, 1.54) is 6.07 Å². The molecule has 1 aromatic carbocycles. The van der Waals surface area contributed by atoms with Gasteiger partial charge in [0.05, 0.1) is 11.5 Å². The number of rotatable bonds is 8. The smallest absolute Gasteiger partial charge is 0.240 e. The molecular formula is C13H22BrN3O3S. The molecule has 1 aromatic rings. The van der Waals surface area contributed by atoms with Crippen molar-refractivity contribution in [3.63, 3.8) is 0 Å². The highest BCUT2D eigenvalue weighted by Gasteiger charge is 2.18. The standard InChI is InChI=1S/C13H22BrN3O3S/c1-10-8-11(14)12(15)9-13(10)21(18,19)16-4-5-17(2)6-7-20-3/h8-9,16H,4-7,15H2,1-3H3. The summed E-state index contributed by atoms with van der Waals surface area (Å²) in [6.07, 6.45) is 0. The molecule has 0 fully saturated rings. The average molecular weight is 380 g/mol. The van der Waals surface area contributed by atoms with E-state index in [1.54, 1.807) is 20.1 Å². The Balaban J connectivity index is 2.68. The SMILES string of the molecule is COCCN(C)CCNS(=O)(=O)c1cc(N)c(Br)cc1C. The molecule has 1 rings (SSSR count). The number of aryl methyl sites for hydroxylation is 1. The second-order valence-electron chi connectivity index (χ2n) is 4.83. The van der Waals surface area contributed by atoms with Crippen LogP contribution in [0.5, 0.6) is 0 Å². The maximum atomic E-state index is 12.3. The molecule has 0 spiro atoms. The minimum atomic E-state index is -3.56. The Bertz CT molecular complexity index is 578. The molecule has 0 aromatic heterocycles. The number of sulfonamides is 1. The van der Waals surface area contributed by atoms with E-state index in [2.05, 4.69) is 20.7 Å². The summed E-state index contributed by atoms with van der Waals surface area (Å²) in [5.74, 6) is 0. The number of nitrogens with one attached hydrogen (secondary N) is 1. The highest BCUT2D eigenvalue weighted by molar-refractivity contribution is 9.10. The number of hydrogen-bond donors (Lipinski definition) is 2. The van der Waals surface area contributed by atoms with Gasteiger partial charge in [-0.1, -0.05) is 0 Å². The van der Waals surface area contributed by atoms with Gasteiger partial charge in [-0.2, -0.15) is 0 Å². The lowest BCUT2D eigenvalue weighted by molar-refractivity contribution is 0.162. The van der Waals surface area contributed by atoms with Gasteiger partial charge < -0.3 is 15.4 Å². The highest BCUT2D eigenvalue weighted by atomic mass is 79.9. The van der Waals surface area contributed by atoms with Gasteiger partial charge >= 0.3 is 0 Å². The zero-order valence-corrected chi connectivity index (χ0v) is 14.9. The van der Waals surface area contributed by atoms with E-state index in [9.17, 15) is 8.42 Å². The quantitative estimate of drug-likeness (QED) is 0.662. The summed E-state index contributed by atoms with van der Waals surface area (Å²) in [5, 5.41) is 0. The number of nitrogen functional groups attached to an aromatic ring is 1. The first kappa shape index (κ1) is 18.4. The molecule has 8 heteroatoms. The first-order chi connectivity index (χ1) is 9.77. The number of benzene rings is 1. The maximum absolute atomic E-state index is 12.3. The lowest BCUT2D eigenvalue weighted by atomic mass is 10.2. The number of ether oxygens (including phenoxy) is 1. The molecule has 0 saturated carbocycles. The third-order valence-electron chi connectivity index (χ3n) is 3.05. The summed E-state index contributed by atoms with van der Waals surface area (Å²) in [6.45, 7) is 4.04. The zero-order valence-electron chi connectivity index (χ0n) is 12.5. The van der Waals surface area contributed by atoms with Crippen LogP contribution < -0.4 is 10.5 Å². The van der Waals surface area contributed by atoms with Gasteiger partial charge in [-0.15, -0.1) is 0 Å². The van der Waals surface area contributed by atoms with E-state index >= 15 is 0 Å². The first-order valence-corrected chi connectivity index (χ1v) is 8.78. The van der Waals surface area contributed by atoms with Gasteiger partial charge in [0.1, 0.15) is 0 Å². The van der Waals surface area contributed by atoms with Crippen LogP contribution in [0.25, 0.3) is 0 Å². The van der Waals surface area contributed by atoms with Gasteiger partial charge in [0.2, 0.25) is 10.0 Å². The largest absolute Gasteiger partial charge is 0.398 e. The summed E-state index contributed by atoms with van der Waals surface area (Å²) < 4.78 is 32.8. The predicted molar refractivity (Wildman–Crippen MR) is 87.9 cm³/mol. The fourth-order valence-electron chi connectivity index (χ4n) is 1.77. The number of halogens is 1. The summed E-state index contributed by atoms with van der Waals surface area (Å²) in [6, 6.07) is 3.17. The van der Waals surface area contributed by atoms with E-state index < -0.39 is 10.0 Å². The van der Waals surface area contributed by atoms with Crippen LogP contribution in [-0.2, 0) is 14.8 Å². The minimum absolute atomic E-state index is 0.211. The molecule has 120 valence electrons. The second-order valence-corrected chi connectivity index (χ2v) is 7.42. The summed E-state index contributed by atoms with van der Waals surface area (Å²) >= 11 is 3.28. The monoisotopic (exact) mass is 379 g/mol. The van der Waals surface area contributed by atoms with E-state index in [-0.39, 0.29) is 4.90 Å². The lowest BCUT2D eigenvalue weighted by Gasteiger charge is -2.17. The van der Waals surface area contributed by atoms with Crippen LogP contribution in [0.1, 0.15) is 5.56 Å². The van der Waals surface area contributed by atoms with Crippen molar-refractivity contribution in [1.82, 2.24) is 9.62 Å². The molecule has 0 aliphatic carbocycles. The third-order valence-corrected chi connectivity index (χ3v) is 5.34. The zero-order chi connectivity index (χ0) is 16.0. The maximum Gasteiger partial charge on any atom is 0.240 e. The van der Waals surface area contributed by atoms with Crippen LogP contribution in [0.3, 0.4) is 0 Å². The molecule has 21 heavy (non-hydrogen) atoms. The first-order valence-electron chi connectivity index (χ1n) is 6.50. The van der Waals surface area contributed by atoms with Crippen LogP contribution in [-0.4, -0.2) is 53.7 Å². The Morgan fingerprint density at radius 1 is 1.38 bits per heavy atom. The number of nitrogens with two attached hydrogens (primary N) is 1. The van der Waals surface area contributed by atoms with Crippen molar-refractivity contribution < 1.29 is 13.2 Å². The van der Waals surface area contributed by atoms with Crippen LogP contribution in [0.2, 0.25) is 0 Å². The Labute approximate surface area is 134 Å². The molecule has 0 aliphatic rings. The fraction of sp³-hybridized carbons (Fsp3) is 0.538. The van der Waals surface area contributed by atoms with Crippen molar-refractivity contribution in [2.24, 2.45) is 0 Å². The van der Waals surface area contributed by atoms with Gasteiger partial charge in [-0.25, -0.2) is 13.1 Å². The molecule has 0 radical (unpaired) electrons. The summed E-state index contributed by atoms with van der Waals surface area (Å²) in [5.41, 5.74) is 6.81. The van der Waals surface area contributed by atoms with Gasteiger partial charge in [-0.05, 0) is 47.6 Å².